The van der Waals surface area contributed by atoms with Gasteiger partial charge in [-0.2, -0.15) is 31.8 Å². The van der Waals surface area contributed by atoms with Crippen molar-refractivity contribution in [2.45, 2.75) is 56.0 Å². The van der Waals surface area contributed by atoms with Crippen LogP contribution < -0.4 is 29.9 Å². The number of aromatic nitrogens is 3. The predicted molar refractivity (Wildman–Crippen MR) is 276 cm³/mol. The molecule has 1 heterocycles. The second kappa shape index (κ2) is 22.2. The molecule has 0 saturated heterocycles. The summed E-state index contributed by atoms with van der Waals surface area (Å²) in [5.41, 5.74) is 3.84. The minimum atomic E-state index is -4.53. The van der Waals surface area contributed by atoms with E-state index in [1.54, 1.807) is 74.9 Å². The molecule has 0 atom stereocenters. The van der Waals surface area contributed by atoms with Crippen LogP contribution in [0.15, 0.2) is 132 Å². The SMILES string of the molecule is CCCSc1nc(Nc2cc(N(CC)CC)c(OC)cc2/N=N/c2ccc(S(=O)(=O)O)c3ccccc23)nc(Nc2cc(N(CC)CC)c(OC)cc2/N=N/c2ccc(S(=O)(=O)O)c3ccccc23)n1. The highest BCUT2D eigenvalue weighted by atomic mass is 32.2. The fourth-order valence-electron chi connectivity index (χ4n) is 7.75. The summed E-state index contributed by atoms with van der Waals surface area (Å²) >= 11 is 1.44. The first-order chi connectivity index (χ1) is 33.6. The molecule has 0 unspecified atom stereocenters. The number of methoxy groups -OCH3 is 2. The van der Waals surface area contributed by atoms with Crippen LogP contribution in [0.25, 0.3) is 21.5 Å². The monoisotopic (exact) mass is 1010 g/mol. The average molecular weight is 1010 g/mol. The molecule has 7 rings (SSSR count). The lowest BCUT2D eigenvalue weighted by Crippen LogP contribution is -2.22. The van der Waals surface area contributed by atoms with Crippen LogP contribution in [0.5, 0.6) is 11.5 Å². The number of fused-ring (bicyclic) bond motifs is 2. The van der Waals surface area contributed by atoms with E-state index >= 15 is 0 Å². The largest absolute Gasteiger partial charge is 0.494 e. The fourth-order valence-corrected chi connectivity index (χ4v) is 9.83. The molecule has 1 aromatic heterocycles. The second-order valence-electron chi connectivity index (χ2n) is 15.4. The Kier molecular flexibility index (Phi) is 16.1. The summed E-state index contributed by atoms with van der Waals surface area (Å²) < 4.78 is 80.7. The number of nitrogens with zero attached hydrogens (tertiary/aromatic N) is 9. The molecule has 0 radical (unpaired) electrons. The van der Waals surface area contributed by atoms with Gasteiger partial charge in [-0.1, -0.05) is 67.2 Å². The van der Waals surface area contributed by atoms with E-state index in [1.807, 2.05) is 39.8 Å². The van der Waals surface area contributed by atoms with Crippen molar-refractivity contribution in [1.29, 1.82) is 0 Å². The zero-order valence-electron chi connectivity index (χ0n) is 39.6. The topological polar surface area (TPSA) is 246 Å². The quantitative estimate of drug-likeness (QED) is 0.0297. The van der Waals surface area contributed by atoms with Crippen molar-refractivity contribution < 1.29 is 35.4 Å². The Bertz CT molecular complexity index is 3120. The maximum absolute atomic E-state index is 12.3. The highest BCUT2D eigenvalue weighted by Gasteiger charge is 2.22. The lowest BCUT2D eigenvalue weighted by atomic mass is 10.1. The molecule has 366 valence electrons. The Morgan fingerprint density at radius 3 is 1.29 bits per heavy atom. The molecule has 0 saturated carbocycles. The van der Waals surface area contributed by atoms with E-state index in [0.29, 0.717) is 93.5 Å². The van der Waals surface area contributed by atoms with Crippen LogP contribution >= 0.6 is 11.8 Å². The van der Waals surface area contributed by atoms with Crippen molar-refractivity contribution in [2.75, 3.05) is 66.6 Å². The highest BCUT2D eigenvalue weighted by molar-refractivity contribution is 7.99. The average Bonchev–Trinajstić information content (AvgIpc) is 3.34. The Labute approximate surface area is 411 Å². The van der Waals surface area contributed by atoms with Crippen molar-refractivity contribution >= 4 is 111 Å². The summed E-state index contributed by atoms with van der Waals surface area (Å²) in [5, 5.41) is 27.1. The number of azo groups is 2. The number of thioether (sulfide) groups is 1. The van der Waals surface area contributed by atoms with Gasteiger partial charge >= 0.3 is 0 Å². The maximum atomic E-state index is 12.3. The van der Waals surface area contributed by atoms with Crippen molar-refractivity contribution in [2.24, 2.45) is 20.5 Å². The summed E-state index contributed by atoms with van der Waals surface area (Å²) in [5.74, 6) is 2.09. The Hall–Kier alpha value is -6.98. The normalized spacial score (nSPS) is 12.0. The molecule has 0 bridgehead atoms. The van der Waals surface area contributed by atoms with Crippen molar-refractivity contribution in [3.05, 3.63) is 97.1 Å². The zero-order valence-corrected chi connectivity index (χ0v) is 42.0. The van der Waals surface area contributed by atoms with Gasteiger partial charge < -0.3 is 29.9 Å². The van der Waals surface area contributed by atoms with Gasteiger partial charge in [-0.05, 0) is 70.5 Å². The third-order valence-corrected chi connectivity index (χ3v) is 14.0. The summed E-state index contributed by atoms with van der Waals surface area (Å²) in [4.78, 5) is 18.2. The molecule has 22 heteroatoms. The molecule has 0 aliphatic rings. The van der Waals surface area contributed by atoms with E-state index in [1.165, 1.54) is 36.0 Å². The smallest absolute Gasteiger partial charge is 0.295 e. The third-order valence-electron chi connectivity index (χ3n) is 11.2. The summed E-state index contributed by atoms with van der Waals surface area (Å²) in [6.07, 6.45) is 0.841. The van der Waals surface area contributed by atoms with Crippen LogP contribution in [0.1, 0.15) is 41.0 Å². The van der Waals surface area contributed by atoms with Gasteiger partial charge in [-0.3, -0.25) is 9.11 Å². The van der Waals surface area contributed by atoms with Gasteiger partial charge in [0.1, 0.15) is 32.7 Å². The van der Waals surface area contributed by atoms with Crippen molar-refractivity contribution in [1.82, 2.24) is 15.0 Å². The van der Waals surface area contributed by atoms with Crippen LogP contribution in [0.4, 0.5) is 57.4 Å². The molecule has 6 aromatic carbocycles. The molecular formula is C48H53N11O8S3. The number of benzene rings is 6. The number of hydrogen-bond acceptors (Lipinski definition) is 18. The molecule has 0 spiro atoms. The minimum absolute atomic E-state index is 0.164. The van der Waals surface area contributed by atoms with Crippen LogP contribution in [0.2, 0.25) is 0 Å². The second-order valence-corrected chi connectivity index (χ2v) is 19.2. The molecule has 0 aliphatic carbocycles. The number of hydrogen-bond donors (Lipinski definition) is 4. The van der Waals surface area contributed by atoms with Crippen molar-refractivity contribution in [3.8, 4) is 11.5 Å². The van der Waals surface area contributed by atoms with E-state index in [2.05, 4.69) is 47.8 Å². The van der Waals surface area contributed by atoms with Crippen LogP contribution in [0.3, 0.4) is 0 Å². The van der Waals surface area contributed by atoms with Gasteiger partial charge in [0.05, 0.1) is 48.3 Å². The number of anilines is 6. The number of ether oxygens (including phenoxy) is 2. The first-order valence-corrected chi connectivity index (χ1v) is 26.2. The Balaban J connectivity index is 1.35. The molecule has 19 nitrogen and oxygen atoms in total. The van der Waals surface area contributed by atoms with Gasteiger partial charge in [-0.25, -0.2) is 0 Å². The Morgan fingerprint density at radius 1 is 0.543 bits per heavy atom. The summed E-state index contributed by atoms with van der Waals surface area (Å²) in [7, 11) is -5.92. The standard InChI is InChI=1S/C48H53N11O8S3/c1-8-25-68-48-52-46(49-36-26-40(58(9-2)10-3)42(66-6)28-38(36)56-54-34-21-23-44(69(60,61)62)32-19-15-13-17-30(32)34)51-47(53-48)50-37-27-41(59(11-4)12-5)43(67-7)29-39(37)57-55-35-22-24-45(70(63,64)65)33-20-16-14-18-31(33)35/h13-24,26-29H,8-12,25H2,1-7H3,(H,60,61,62)(H,63,64,65)(H2,49,50,51,52,53)/b56-54+,57-55+. The van der Waals surface area contributed by atoms with Gasteiger partial charge in [0.2, 0.25) is 11.9 Å². The minimum Gasteiger partial charge on any atom is -0.494 e. The third kappa shape index (κ3) is 11.4. The van der Waals surface area contributed by atoms with Gasteiger partial charge in [0.25, 0.3) is 20.2 Å². The van der Waals surface area contributed by atoms with E-state index in [0.717, 1.165) is 17.8 Å². The predicted octanol–water partition coefficient (Wildman–Crippen LogP) is 12.2. The highest BCUT2D eigenvalue weighted by Crippen LogP contribution is 2.44. The lowest BCUT2D eigenvalue weighted by molar-refractivity contribution is 0.414. The zero-order chi connectivity index (χ0) is 50.2. The lowest BCUT2D eigenvalue weighted by Gasteiger charge is -2.25. The number of rotatable bonds is 21. The van der Waals surface area contributed by atoms with Crippen LogP contribution in [-0.4, -0.2) is 87.0 Å². The van der Waals surface area contributed by atoms with E-state index in [4.69, 9.17) is 24.4 Å². The molecule has 0 fully saturated rings. The summed E-state index contributed by atoms with van der Waals surface area (Å²) in [6, 6.07) is 26.1. The van der Waals surface area contributed by atoms with Gasteiger partial charge in [0, 0.05) is 65.6 Å². The van der Waals surface area contributed by atoms with Gasteiger partial charge in [0.15, 0.2) is 5.16 Å². The molecule has 70 heavy (non-hydrogen) atoms. The maximum Gasteiger partial charge on any atom is 0.295 e. The first-order valence-electron chi connectivity index (χ1n) is 22.3. The van der Waals surface area contributed by atoms with E-state index < -0.39 is 20.2 Å². The summed E-state index contributed by atoms with van der Waals surface area (Å²) in [6.45, 7) is 12.9. The van der Waals surface area contributed by atoms with Crippen LogP contribution in [0, 0.1) is 0 Å². The molecule has 0 amide bonds. The molecular weight excluding hydrogens is 955 g/mol. The Morgan fingerprint density at radius 2 is 0.929 bits per heavy atom. The molecule has 7 aromatic rings. The molecule has 0 aliphatic heterocycles. The molecule has 4 N–H and O–H groups in total. The first kappa shape index (κ1) is 50.9. The van der Waals surface area contributed by atoms with E-state index in [9.17, 15) is 25.9 Å². The van der Waals surface area contributed by atoms with Gasteiger partial charge in [-0.15, -0.1) is 20.5 Å². The van der Waals surface area contributed by atoms with Crippen LogP contribution in [-0.2, 0) is 20.2 Å². The van der Waals surface area contributed by atoms with Crippen molar-refractivity contribution in [3.63, 3.8) is 0 Å². The number of nitrogens with one attached hydrogen (secondary N) is 2. The fraction of sp³-hybridized carbons (Fsp3) is 0.271. The van der Waals surface area contributed by atoms with E-state index in [-0.39, 0.29) is 32.5 Å².